The Kier molecular flexibility index (Phi) is 7.18. The first-order valence-electron chi connectivity index (χ1n) is 17.9. The van der Waals surface area contributed by atoms with Gasteiger partial charge in [0.15, 0.2) is 0 Å². The van der Waals surface area contributed by atoms with Crippen molar-refractivity contribution in [2.45, 2.75) is 0 Å². The van der Waals surface area contributed by atoms with Gasteiger partial charge < -0.3 is 10.3 Å². The fraction of sp³-hybridized carbons (Fsp3) is 0. The number of aromatic amines is 1. The second-order valence-electron chi connectivity index (χ2n) is 13.5. The lowest BCUT2D eigenvalue weighted by Gasteiger charge is -2.18. The molecule has 1 aromatic heterocycles. The van der Waals surface area contributed by atoms with Crippen molar-refractivity contribution in [1.29, 1.82) is 0 Å². The highest BCUT2D eigenvalue weighted by molar-refractivity contribution is 6.22. The number of anilines is 2. The van der Waals surface area contributed by atoms with Gasteiger partial charge in [-0.05, 0) is 96.9 Å². The molecular weight excluding hydrogens is 629 g/mol. The zero-order chi connectivity index (χ0) is 34.4. The molecule has 0 saturated heterocycles. The third-order valence-electron chi connectivity index (χ3n) is 10.4. The average molecular weight is 663 g/mol. The maximum absolute atomic E-state index is 3.73. The second-order valence-corrected chi connectivity index (χ2v) is 13.5. The van der Waals surface area contributed by atoms with Gasteiger partial charge in [0.25, 0.3) is 0 Å². The van der Waals surface area contributed by atoms with E-state index < -0.39 is 0 Å². The number of aromatic nitrogens is 1. The van der Waals surface area contributed by atoms with Gasteiger partial charge in [0.05, 0.1) is 5.52 Å². The first-order chi connectivity index (χ1) is 25.8. The summed E-state index contributed by atoms with van der Waals surface area (Å²) in [5.41, 5.74) is 14.1. The van der Waals surface area contributed by atoms with Crippen LogP contribution in [0, 0.1) is 0 Å². The van der Waals surface area contributed by atoms with Crippen molar-refractivity contribution in [1.82, 2.24) is 4.98 Å². The summed E-state index contributed by atoms with van der Waals surface area (Å²) < 4.78 is 0. The molecule has 0 atom stereocenters. The normalized spacial score (nSPS) is 11.5. The first-order valence-corrected chi connectivity index (χ1v) is 17.9. The van der Waals surface area contributed by atoms with Gasteiger partial charge >= 0.3 is 0 Å². The summed E-state index contributed by atoms with van der Waals surface area (Å²) in [6.07, 6.45) is 0. The van der Waals surface area contributed by atoms with Crippen LogP contribution in [0.25, 0.3) is 87.9 Å². The van der Waals surface area contributed by atoms with E-state index in [1.165, 1.54) is 76.8 Å². The van der Waals surface area contributed by atoms with E-state index in [4.69, 9.17) is 0 Å². The van der Waals surface area contributed by atoms with E-state index in [1.54, 1.807) is 0 Å². The molecule has 0 aliphatic heterocycles. The first kappa shape index (κ1) is 30.0. The molecule has 244 valence electrons. The third kappa shape index (κ3) is 5.12. The highest BCUT2D eigenvalue weighted by Crippen LogP contribution is 2.45. The predicted molar refractivity (Wildman–Crippen MR) is 222 cm³/mol. The summed E-state index contributed by atoms with van der Waals surface area (Å²) in [6.45, 7) is 0. The lowest BCUT2D eigenvalue weighted by Crippen LogP contribution is -1.93. The minimum absolute atomic E-state index is 1.05. The maximum atomic E-state index is 3.73. The Morgan fingerprint density at radius 1 is 0.308 bits per heavy atom. The molecule has 0 amide bonds. The van der Waals surface area contributed by atoms with Crippen LogP contribution in [0.5, 0.6) is 0 Å². The van der Waals surface area contributed by atoms with Gasteiger partial charge in [0.2, 0.25) is 0 Å². The quantitative estimate of drug-likeness (QED) is 0.170. The van der Waals surface area contributed by atoms with Gasteiger partial charge in [0, 0.05) is 33.2 Å². The Balaban J connectivity index is 1.08. The Bertz CT molecular complexity index is 2890. The van der Waals surface area contributed by atoms with Crippen molar-refractivity contribution in [3.05, 3.63) is 194 Å². The predicted octanol–water partition coefficient (Wildman–Crippen LogP) is 14.0. The summed E-state index contributed by atoms with van der Waals surface area (Å²) in [5, 5.41) is 11.2. The topological polar surface area (TPSA) is 27.8 Å². The largest absolute Gasteiger partial charge is 0.355 e. The number of fused-ring (bicyclic) bond motifs is 5. The SMILES string of the molecule is c1ccc(-c2c3ccccc3c(-c3ccccc3)c3cc(-c4ccc(Nc5cc(-c6ccccc6)c6[nH]c7ccccc7c6c5)cc4)ccc23)cc1. The van der Waals surface area contributed by atoms with E-state index >= 15 is 0 Å². The molecule has 10 rings (SSSR count). The van der Waals surface area contributed by atoms with Crippen molar-refractivity contribution in [3.8, 4) is 44.5 Å². The Morgan fingerprint density at radius 3 is 1.48 bits per heavy atom. The molecule has 52 heavy (non-hydrogen) atoms. The fourth-order valence-corrected chi connectivity index (χ4v) is 7.97. The third-order valence-corrected chi connectivity index (χ3v) is 10.4. The fourth-order valence-electron chi connectivity index (χ4n) is 7.97. The van der Waals surface area contributed by atoms with Gasteiger partial charge in [-0.25, -0.2) is 0 Å². The monoisotopic (exact) mass is 662 g/mol. The number of para-hydroxylation sites is 1. The highest BCUT2D eigenvalue weighted by atomic mass is 14.9. The van der Waals surface area contributed by atoms with E-state index in [0.717, 1.165) is 22.4 Å². The minimum atomic E-state index is 1.05. The minimum Gasteiger partial charge on any atom is -0.355 e. The van der Waals surface area contributed by atoms with Gasteiger partial charge in [-0.2, -0.15) is 0 Å². The summed E-state index contributed by atoms with van der Waals surface area (Å²) in [5.74, 6) is 0. The van der Waals surface area contributed by atoms with Crippen LogP contribution in [0.1, 0.15) is 0 Å². The molecule has 1 heterocycles. The van der Waals surface area contributed by atoms with Gasteiger partial charge in [0.1, 0.15) is 0 Å². The van der Waals surface area contributed by atoms with Gasteiger partial charge in [-0.3, -0.25) is 0 Å². The molecule has 0 unspecified atom stereocenters. The molecule has 0 saturated carbocycles. The molecule has 9 aromatic carbocycles. The van der Waals surface area contributed by atoms with E-state index in [1.807, 2.05) is 0 Å². The summed E-state index contributed by atoms with van der Waals surface area (Å²) in [7, 11) is 0. The number of nitrogens with one attached hydrogen (secondary N) is 2. The molecule has 10 aromatic rings. The Hall–Kier alpha value is -6.90. The standard InChI is InChI=1S/C50H34N2/c1-4-14-34(15-5-1)44-31-39(32-46-40-20-12-13-23-47(40)52-50(44)46)51-38-27-24-33(25-28-38)37-26-29-43-45(30-37)49(36-18-8-3-9-19-36)42-22-11-10-21-41(42)48(43)35-16-6-2-7-17-35/h1-32,51-52H. The molecule has 0 radical (unpaired) electrons. The van der Waals surface area contributed by atoms with Crippen LogP contribution in [0.2, 0.25) is 0 Å². The summed E-state index contributed by atoms with van der Waals surface area (Å²) >= 11 is 0. The van der Waals surface area contributed by atoms with E-state index in [-0.39, 0.29) is 0 Å². The van der Waals surface area contributed by atoms with Crippen molar-refractivity contribution in [2.24, 2.45) is 0 Å². The maximum Gasteiger partial charge on any atom is 0.0546 e. The van der Waals surface area contributed by atoms with E-state index in [9.17, 15) is 0 Å². The molecule has 0 aliphatic rings. The Morgan fingerprint density at radius 2 is 0.827 bits per heavy atom. The van der Waals surface area contributed by atoms with Crippen LogP contribution in [0.3, 0.4) is 0 Å². The number of hydrogen-bond donors (Lipinski definition) is 2. The summed E-state index contributed by atoms with van der Waals surface area (Å²) in [6, 6.07) is 70.0. The lowest BCUT2D eigenvalue weighted by molar-refractivity contribution is 1.52. The lowest BCUT2D eigenvalue weighted by atomic mass is 9.85. The van der Waals surface area contributed by atoms with Crippen molar-refractivity contribution < 1.29 is 0 Å². The number of benzene rings is 9. The highest BCUT2D eigenvalue weighted by Gasteiger charge is 2.18. The van der Waals surface area contributed by atoms with Crippen LogP contribution in [-0.2, 0) is 0 Å². The van der Waals surface area contributed by atoms with Crippen LogP contribution >= 0.6 is 0 Å². The molecule has 2 nitrogen and oxygen atoms in total. The second kappa shape index (κ2) is 12.5. The van der Waals surface area contributed by atoms with Crippen LogP contribution < -0.4 is 5.32 Å². The molecule has 0 fully saturated rings. The molecule has 0 spiro atoms. The average Bonchev–Trinajstić information content (AvgIpc) is 3.59. The zero-order valence-corrected chi connectivity index (χ0v) is 28.5. The smallest absolute Gasteiger partial charge is 0.0546 e. The van der Waals surface area contributed by atoms with E-state index in [0.29, 0.717) is 0 Å². The van der Waals surface area contributed by atoms with Crippen LogP contribution in [-0.4, -0.2) is 4.98 Å². The summed E-state index contributed by atoms with van der Waals surface area (Å²) in [4.78, 5) is 3.68. The number of rotatable bonds is 6. The molecule has 2 N–H and O–H groups in total. The molecular formula is C50H34N2. The number of H-pyrrole nitrogens is 1. The van der Waals surface area contributed by atoms with Crippen molar-refractivity contribution in [3.63, 3.8) is 0 Å². The van der Waals surface area contributed by atoms with Crippen molar-refractivity contribution >= 4 is 54.7 Å². The zero-order valence-electron chi connectivity index (χ0n) is 28.5. The van der Waals surface area contributed by atoms with Crippen molar-refractivity contribution in [2.75, 3.05) is 5.32 Å². The van der Waals surface area contributed by atoms with E-state index in [2.05, 4.69) is 204 Å². The number of hydrogen-bond acceptors (Lipinski definition) is 1. The molecule has 2 heteroatoms. The molecule has 0 aliphatic carbocycles. The van der Waals surface area contributed by atoms with Crippen LogP contribution in [0.15, 0.2) is 194 Å². The Labute approximate surface area is 302 Å². The van der Waals surface area contributed by atoms with Gasteiger partial charge in [-0.15, -0.1) is 0 Å². The van der Waals surface area contributed by atoms with Gasteiger partial charge in [-0.1, -0.05) is 158 Å². The van der Waals surface area contributed by atoms with Crippen LogP contribution in [0.4, 0.5) is 11.4 Å². The molecule has 0 bridgehead atoms.